The normalized spacial score (nSPS) is 12.3. The molecule has 60 valence electrons. The lowest BCUT2D eigenvalue weighted by atomic mass is 11.2. The summed E-state index contributed by atoms with van der Waals surface area (Å²) in [5, 5.41) is 0. The standard InChI is InChI=1S/C4H8ClO4P/c1-7-10(6,8-2)9-4-3-5/h3-4H,1-2H3/b4-3-. The minimum Gasteiger partial charge on any atom is -0.411 e. The number of phosphoric ester groups is 1. The van der Waals surface area contributed by atoms with E-state index in [9.17, 15) is 4.57 Å². The molecule has 0 N–H and O–H groups in total. The molecule has 0 saturated carbocycles. The van der Waals surface area contributed by atoms with Gasteiger partial charge in [0, 0.05) is 19.8 Å². The van der Waals surface area contributed by atoms with E-state index in [2.05, 4.69) is 13.6 Å². The molecule has 0 saturated heterocycles. The molecule has 6 heteroatoms. The van der Waals surface area contributed by atoms with Crippen molar-refractivity contribution in [2.75, 3.05) is 14.2 Å². The lowest BCUT2D eigenvalue weighted by Crippen LogP contribution is -1.88. The number of rotatable bonds is 4. The summed E-state index contributed by atoms with van der Waals surface area (Å²) in [5.74, 6) is 0. The molecule has 0 atom stereocenters. The first kappa shape index (κ1) is 9.98. The minimum absolute atomic E-state index is 1.02. The second-order valence-corrected chi connectivity index (χ2v) is 3.27. The van der Waals surface area contributed by atoms with Gasteiger partial charge in [-0.2, -0.15) is 0 Å². The van der Waals surface area contributed by atoms with Crippen molar-refractivity contribution in [1.82, 2.24) is 0 Å². The first-order chi connectivity index (χ1) is 4.68. The smallest absolute Gasteiger partial charge is 0.411 e. The molecule has 0 rings (SSSR count). The molecule has 0 aliphatic rings. The van der Waals surface area contributed by atoms with Crippen molar-refractivity contribution in [2.45, 2.75) is 0 Å². The van der Waals surface area contributed by atoms with Gasteiger partial charge < -0.3 is 4.52 Å². The summed E-state index contributed by atoms with van der Waals surface area (Å²) in [6.45, 7) is 0. The molecule has 0 aromatic rings. The SMILES string of the molecule is COP(=O)(OC)O/C=C\Cl. The van der Waals surface area contributed by atoms with E-state index in [4.69, 9.17) is 11.6 Å². The van der Waals surface area contributed by atoms with Crippen LogP contribution in [0.1, 0.15) is 0 Å². The van der Waals surface area contributed by atoms with Gasteiger partial charge in [0.2, 0.25) is 0 Å². The molecule has 0 aromatic carbocycles. The van der Waals surface area contributed by atoms with Crippen molar-refractivity contribution < 1.29 is 18.1 Å². The van der Waals surface area contributed by atoms with E-state index < -0.39 is 7.82 Å². The van der Waals surface area contributed by atoms with Crippen LogP contribution in [0.25, 0.3) is 0 Å². The van der Waals surface area contributed by atoms with E-state index >= 15 is 0 Å². The van der Waals surface area contributed by atoms with Crippen molar-refractivity contribution >= 4 is 19.4 Å². The van der Waals surface area contributed by atoms with Crippen molar-refractivity contribution in [3.8, 4) is 0 Å². The summed E-state index contributed by atoms with van der Waals surface area (Å²) in [6, 6.07) is 0. The Hall–Kier alpha value is -0.0200. The van der Waals surface area contributed by atoms with Gasteiger partial charge in [0.25, 0.3) is 0 Å². The molecule has 0 amide bonds. The Morgan fingerprint density at radius 2 is 1.90 bits per heavy atom. The first-order valence-electron chi connectivity index (χ1n) is 2.33. The highest BCUT2D eigenvalue weighted by Gasteiger charge is 2.21. The summed E-state index contributed by atoms with van der Waals surface area (Å²) < 4.78 is 24.2. The van der Waals surface area contributed by atoms with Crippen LogP contribution in [0.3, 0.4) is 0 Å². The van der Waals surface area contributed by atoms with Gasteiger partial charge in [0.05, 0.1) is 0 Å². The Morgan fingerprint density at radius 3 is 2.20 bits per heavy atom. The molecule has 0 unspecified atom stereocenters. The highest BCUT2D eigenvalue weighted by Crippen LogP contribution is 2.47. The largest absolute Gasteiger partial charge is 0.528 e. The van der Waals surface area contributed by atoms with Gasteiger partial charge in [-0.15, -0.1) is 0 Å². The number of phosphoric acid groups is 1. The quantitative estimate of drug-likeness (QED) is 0.498. The fourth-order valence-electron chi connectivity index (χ4n) is 0.258. The van der Waals surface area contributed by atoms with E-state index in [-0.39, 0.29) is 0 Å². The summed E-state index contributed by atoms with van der Waals surface area (Å²) in [6.07, 6.45) is 1.02. The average molecular weight is 187 g/mol. The molecule has 0 spiro atoms. The van der Waals surface area contributed by atoms with E-state index in [1.807, 2.05) is 0 Å². The van der Waals surface area contributed by atoms with Crippen molar-refractivity contribution in [1.29, 1.82) is 0 Å². The molecule has 0 fully saturated rings. The zero-order chi connectivity index (χ0) is 8.04. The molecule has 0 radical (unpaired) electrons. The van der Waals surface area contributed by atoms with Gasteiger partial charge in [-0.25, -0.2) is 4.57 Å². The summed E-state index contributed by atoms with van der Waals surface area (Å²) >= 11 is 5.08. The van der Waals surface area contributed by atoms with E-state index in [0.717, 1.165) is 11.8 Å². The maximum atomic E-state index is 10.9. The maximum Gasteiger partial charge on any atom is 0.528 e. The van der Waals surface area contributed by atoms with E-state index in [1.165, 1.54) is 14.2 Å². The Labute approximate surface area is 64.3 Å². The van der Waals surface area contributed by atoms with Crippen LogP contribution in [-0.2, 0) is 18.1 Å². The van der Waals surface area contributed by atoms with E-state index in [0.29, 0.717) is 0 Å². The summed E-state index contributed by atoms with van der Waals surface area (Å²) in [4.78, 5) is 0. The topological polar surface area (TPSA) is 44.8 Å². The molecule has 4 nitrogen and oxygen atoms in total. The third-order valence-electron chi connectivity index (χ3n) is 0.689. The van der Waals surface area contributed by atoms with Gasteiger partial charge in [0.1, 0.15) is 6.26 Å². The summed E-state index contributed by atoms with van der Waals surface area (Å²) in [5.41, 5.74) is 1.06. The maximum absolute atomic E-state index is 10.9. The monoisotopic (exact) mass is 186 g/mol. The van der Waals surface area contributed by atoms with Crippen LogP contribution in [0, 0.1) is 0 Å². The molecule has 0 aliphatic carbocycles. The number of hydrogen-bond acceptors (Lipinski definition) is 4. The van der Waals surface area contributed by atoms with E-state index in [1.54, 1.807) is 0 Å². The Kier molecular flexibility index (Phi) is 4.73. The Morgan fingerprint density at radius 1 is 1.40 bits per heavy atom. The average Bonchev–Trinajstić information content (AvgIpc) is 2.00. The van der Waals surface area contributed by atoms with Crippen LogP contribution in [0.15, 0.2) is 11.8 Å². The van der Waals surface area contributed by atoms with Crippen LogP contribution in [0.4, 0.5) is 0 Å². The second-order valence-electron chi connectivity index (χ2n) is 1.18. The van der Waals surface area contributed by atoms with Crippen LogP contribution >= 0.6 is 19.4 Å². The first-order valence-corrected chi connectivity index (χ1v) is 4.23. The predicted molar refractivity (Wildman–Crippen MR) is 37.7 cm³/mol. The molecule has 0 heterocycles. The molecular formula is C4H8ClO4P. The van der Waals surface area contributed by atoms with Crippen LogP contribution in [-0.4, -0.2) is 14.2 Å². The Balaban J connectivity index is 3.94. The third-order valence-corrected chi connectivity index (χ3v) is 2.07. The lowest BCUT2D eigenvalue weighted by molar-refractivity contribution is 0.194. The Bertz CT molecular complexity index is 149. The molecule has 10 heavy (non-hydrogen) atoms. The molecule has 0 aromatic heterocycles. The highest BCUT2D eigenvalue weighted by atomic mass is 35.5. The predicted octanol–water partition coefficient (Wildman–Crippen LogP) is 2.11. The van der Waals surface area contributed by atoms with Gasteiger partial charge in [-0.05, 0) is 0 Å². The zero-order valence-electron chi connectivity index (χ0n) is 5.61. The van der Waals surface area contributed by atoms with Crippen molar-refractivity contribution in [2.24, 2.45) is 0 Å². The summed E-state index contributed by atoms with van der Waals surface area (Å²) in [7, 11) is -0.940. The van der Waals surface area contributed by atoms with Crippen molar-refractivity contribution in [3.63, 3.8) is 0 Å². The minimum atomic E-state index is -3.37. The lowest BCUT2D eigenvalue weighted by Gasteiger charge is -2.09. The number of hydrogen-bond donors (Lipinski definition) is 0. The van der Waals surface area contributed by atoms with Gasteiger partial charge in [0.15, 0.2) is 0 Å². The number of halogens is 1. The van der Waals surface area contributed by atoms with Gasteiger partial charge >= 0.3 is 7.82 Å². The second kappa shape index (κ2) is 4.74. The van der Waals surface area contributed by atoms with Crippen LogP contribution in [0.2, 0.25) is 0 Å². The fourth-order valence-corrected chi connectivity index (χ4v) is 0.912. The van der Waals surface area contributed by atoms with Gasteiger partial charge in [-0.3, -0.25) is 9.05 Å². The highest BCUT2D eigenvalue weighted by molar-refractivity contribution is 7.48. The molecular weight excluding hydrogens is 178 g/mol. The third kappa shape index (κ3) is 3.22. The van der Waals surface area contributed by atoms with Crippen LogP contribution < -0.4 is 0 Å². The van der Waals surface area contributed by atoms with Crippen molar-refractivity contribution in [3.05, 3.63) is 11.8 Å². The fraction of sp³-hybridized carbons (Fsp3) is 0.500. The molecule has 0 aliphatic heterocycles. The van der Waals surface area contributed by atoms with Crippen LogP contribution in [0.5, 0.6) is 0 Å². The zero-order valence-corrected chi connectivity index (χ0v) is 7.26. The molecule has 0 bridgehead atoms. The van der Waals surface area contributed by atoms with Gasteiger partial charge in [-0.1, -0.05) is 11.6 Å².